The Bertz CT molecular complexity index is 511. The monoisotopic (exact) mass is 298 g/mol. The van der Waals surface area contributed by atoms with Gasteiger partial charge in [-0.15, -0.1) is 0 Å². The molecule has 0 spiro atoms. The van der Waals surface area contributed by atoms with E-state index in [1.54, 1.807) is 0 Å². The predicted octanol–water partition coefficient (Wildman–Crippen LogP) is 2.87. The van der Waals surface area contributed by atoms with Crippen LogP contribution in [0.5, 0.6) is 0 Å². The molecule has 1 rings (SSSR count). The van der Waals surface area contributed by atoms with Crippen LogP contribution in [0, 0.1) is 10.8 Å². The van der Waals surface area contributed by atoms with Crippen LogP contribution in [0.1, 0.15) is 26.3 Å². The van der Waals surface area contributed by atoms with Gasteiger partial charge in [-0.25, -0.2) is 0 Å². The number of hydrogen-bond acceptors (Lipinski definition) is 2. The van der Waals surface area contributed by atoms with Crippen molar-refractivity contribution < 1.29 is 4.89 Å². The molecule has 0 saturated carbocycles. The number of nitrogens with one attached hydrogen (secondary N) is 1. The predicted molar refractivity (Wildman–Crippen MR) is 91.9 cm³/mol. The summed E-state index contributed by atoms with van der Waals surface area (Å²) < 4.78 is 0. The molecule has 0 radical (unpaired) electrons. The third-order valence-corrected chi connectivity index (χ3v) is 5.56. The van der Waals surface area contributed by atoms with E-state index in [0.717, 1.165) is 16.3 Å². The van der Waals surface area contributed by atoms with E-state index in [1.165, 1.54) is 0 Å². The number of benzene rings is 1. The molecule has 0 bridgehead atoms. The Labute approximate surface area is 118 Å². The Hall–Kier alpha value is -0.620. The fraction of sp³-hybridized carbons (Fsp3) is 0.429. The van der Waals surface area contributed by atoms with Crippen molar-refractivity contribution in [3.05, 3.63) is 29.8 Å². The van der Waals surface area contributed by atoms with Crippen LogP contribution in [0.3, 0.4) is 0 Å². The third kappa shape index (κ3) is 4.76. The summed E-state index contributed by atoms with van der Waals surface area (Å²) in [6.07, 6.45) is 0. The van der Waals surface area contributed by atoms with Crippen LogP contribution in [0.15, 0.2) is 29.3 Å². The zero-order valence-corrected chi connectivity index (χ0v) is 14.4. The van der Waals surface area contributed by atoms with Crippen molar-refractivity contribution in [3.8, 4) is 0 Å². The molecule has 106 valence electrons. The molecule has 1 aromatic rings. The molecule has 0 amide bonds. The van der Waals surface area contributed by atoms with Crippen molar-refractivity contribution in [2.75, 3.05) is 13.3 Å². The molecule has 5 heteroatoms. The van der Waals surface area contributed by atoms with E-state index in [4.69, 9.17) is 5.41 Å². The number of rotatable bonds is 2. The topological polar surface area (TPSA) is 56.4 Å². The van der Waals surface area contributed by atoms with Gasteiger partial charge in [-0.3, -0.25) is 0 Å². The minimum atomic E-state index is -2.34. The normalized spacial score (nSPS) is 14.4. The molecule has 0 aliphatic rings. The number of nitrogens with zero attached hydrogens (tertiary/aromatic N) is 1. The molecule has 2 N–H and O–H groups in total. The van der Waals surface area contributed by atoms with Crippen molar-refractivity contribution in [2.24, 2.45) is 10.4 Å². The third-order valence-electron chi connectivity index (χ3n) is 2.84. The van der Waals surface area contributed by atoms with E-state index < -0.39 is 7.49 Å². The summed E-state index contributed by atoms with van der Waals surface area (Å²) in [5, 5.41) is 9.00. The van der Waals surface area contributed by atoms with Crippen LogP contribution in [-0.2, 0) is 0 Å². The van der Waals surface area contributed by atoms with Crippen LogP contribution >= 0.6 is 16.7 Å². The van der Waals surface area contributed by atoms with Gasteiger partial charge in [0, 0.05) is 0 Å². The first kappa shape index (κ1) is 16.4. The van der Waals surface area contributed by atoms with Gasteiger partial charge in [-0.1, -0.05) is 0 Å². The number of amidine groups is 1. The van der Waals surface area contributed by atoms with E-state index in [9.17, 15) is 4.89 Å². The first-order valence-corrected chi connectivity index (χ1v) is 9.81. The molecule has 19 heavy (non-hydrogen) atoms. The Morgan fingerprint density at radius 3 is 2.37 bits per heavy atom. The first-order chi connectivity index (χ1) is 8.51. The maximum atomic E-state index is 10.1. The van der Waals surface area contributed by atoms with Gasteiger partial charge in [-0.2, -0.15) is 0 Å². The van der Waals surface area contributed by atoms with Crippen molar-refractivity contribution in [2.45, 2.75) is 20.8 Å². The minimum absolute atomic E-state index is 0.0699. The molecule has 0 heterocycles. The fourth-order valence-corrected chi connectivity index (χ4v) is 2.54. The van der Waals surface area contributed by atoms with Gasteiger partial charge >= 0.3 is 118 Å². The Kier molecular flexibility index (Phi) is 5.01. The SMILES string of the molecule is CC(C)(C)/C(P)=N/C(=N)c1cccc([PH](C)(C)O)c1. The summed E-state index contributed by atoms with van der Waals surface area (Å²) in [5.74, 6) is 0.236. The fourth-order valence-electron chi connectivity index (χ4n) is 1.40. The quantitative estimate of drug-likeness (QED) is 0.492. The second-order valence-corrected chi connectivity index (χ2v) is 10.5. The molecule has 3 nitrogen and oxygen atoms in total. The molecule has 1 unspecified atom stereocenters. The van der Waals surface area contributed by atoms with Gasteiger partial charge in [0.05, 0.1) is 0 Å². The zero-order chi connectivity index (χ0) is 14.8. The maximum absolute atomic E-state index is 10.1. The molecule has 0 fully saturated rings. The van der Waals surface area contributed by atoms with Gasteiger partial charge < -0.3 is 0 Å². The summed E-state index contributed by atoms with van der Waals surface area (Å²) in [6.45, 7) is 9.93. The summed E-state index contributed by atoms with van der Waals surface area (Å²) in [6, 6.07) is 7.52. The molecule has 1 atom stereocenters. The van der Waals surface area contributed by atoms with E-state index in [-0.39, 0.29) is 11.3 Å². The van der Waals surface area contributed by atoms with Gasteiger partial charge in [-0.05, 0) is 0 Å². The molecular weight excluding hydrogens is 274 g/mol. The zero-order valence-electron chi connectivity index (χ0n) is 12.3. The van der Waals surface area contributed by atoms with Crippen LogP contribution in [0.2, 0.25) is 0 Å². The second-order valence-electron chi connectivity index (χ2n) is 6.24. The Morgan fingerprint density at radius 2 is 1.89 bits per heavy atom. The molecular formula is C14H24N2OP2. The molecule has 0 aliphatic heterocycles. The van der Waals surface area contributed by atoms with E-state index >= 15 is 0 Å². The second kappa shape index (κ2) is 5.79. The van der Waals surface area contributed by atoms with Crippen molar-refractivity contribution in [1.29, 1.82) is 5.41 Å². The van der Waals surface area contributed by atoms with E-state index in [0.29, 0.717) is 0 Å². The average Bonchev–Trinajstić information content (AvgIpc) is 2.26. The number of hydrogen-bond donors (Lipinski definition) is 2. The van der Waals surface area contributed by atoms with Crippen LogP contribution in [0.4, 0.5) is 0 Å². The van der Waals surface area contributed by atoms with Gasteiger partial charge in [0.1, 0.15) is 0 Å². The van der Waals surface area contributed by atoms with Crippen LogP contribution in [-0.4, -0.2) is 29.5 Å². The van der Waals surface area contributed by atoms with E-state index in [2.05, 4.69) is 35.0 Å². The van der Waals surface area contributed by atoms with Gasteiger partial charge in [0.15, 0.2) is 0 Å². The van der Waals surface area contributed by atoms with Crippen LogP contribution in [0.25, 0.3) is 0 Å². The standard InChI is InChI=1S/C14H24N2OP2/c1-14(2,3)13(18)16-12(15)10-7-6-8-11(9-10)19(4,5)17/h6-9,15,17,19H,18H2,1-5H3/b15-12?,16-13-. The van der Waals surface area contributed by atoms with Crippen molar-refractivity contribution in [1.82, 2.24) is 0 Å². The summed E-state index contributed by atoms with van der Waals surface area (Å²) in [7, 11) is 0.266. The molecule has 0 aliphatic carbocycles. The van der Waals surface area contributed by atoms with E-state index in [1.807, 2.05) is 37.6 Å². The number of aliphatic imine (C=N–C) groups is 1. The molecule has 1 aromatic carbocycles. The summed E-state index contributed by atoms with van der Waals surface area (Å²) >= 11 is 0. The van der Waals surface area contributed by atoms with Gasteiger partial charge in [0.2, 0.25) is 0 Å². The van der Waals surface area contributed by atoms with Crippen molar-refractivity contribution >= 4 is 33.3 Å². The summed E-state index contributed by atoms with van der Waals surface area (Å²) in [4.78, 5) is 14.5. The molecule has 0 saturated heterocycles. The Morgan fingerprint density at radius 1 is 1.32 bits per heavy atom. The molecule has 0 aromatic heterocycles. The van der Waals surface area contributed by atoms with Gasteiger partial charge in [0.25, 0.3) is 0 Å². The summed E-state index contributed by atoms with van der Waals surface area (Å²) in [5.41, 5.74) is 1.53. The van der Waals surface area contributed by atoms with Crippen molar-refractivity contribution in [3.63, 3.8) is 0 Å². The van der Waals surface area contributed by atoms with Crippen LogP contribution < -0.4 is 5.30 Å². The first-order valence-electron chi connectivity index (χ1n) is 6.28. The average molecular weight is 298 g/mol. The Balaban J connectivity index is 3.09.